The number of nitrogens with one attached hydrogen (secondary N) is 2. The molecule has 5 nitrogen and oxygen atoms in total. The zero-order valence-corrected chi connectivity index (χ0v) is 15.3. The highest BCUT2D eigenvalue weighted by Gasteiger charge is 2.22. The molecular formula is C21H19ClN2O3. The number of para-hydroxylation sites is 1. The average Bonchev–Trinajstić information content (AvgIpc) is 3.16. The van der Waals surface area contributed by atoms with Crippen molar-refractivity contribution >= 4 is 17.6 Å². The van der Waals surface area contributed by atoms with Crippen molar-refractivity contribution in [1.29, 1.82) is 0 Å². The third-order valence-corrected chi connectivity index (χ3v) is 4.73. The quantitative estimate of drug-likeness (QED) is 0.673. The van der Waals surface area contributed by atoms with E-state index < -0.39 is 0 Å². The maximum atomic E-state index is 12.3. The lowest BCUT2D eigenvalue weighted by molar-refractivity contribution is 0.222. The minimum absolute atomic E-state index is 0.0591. The zero-order chi connectivity index (χ0) is 18.6. The van der Waals surface area contributed by atoms with Crippen LogP contribution in [0, 0.1) is 0 Å². The van der Waals surface area contributed by atoms with Crippen molar-refractivity contribution in [2.24, 2.45) is 0 Å². The van der Waals surface area contributed by atoms with Crippen molar-refractivity contribution in [3.05, 3.63) is 77.0 Å². The molecule has 0 saturated heterocycles. The Labute approximate surface area is 162 Å². The Bertz CT molecular complexity index is 937. The van der Waals surface area contributed by atoms with Crippen molar-refractivity contribution < 1.29 is 13.9 Å². The molecule has 0 saturated carbocycles. The lowest BCUT2D eigenvalue weighted by atomic mass is 10.0. The molecule has 0 radical (unpaired) electrons. The summed E-state index contributed by atoms with van der Waals surface area (Å²) in [7, 11) is 0. The standard InChI is InChI=1S/C21H19ClN2O3/c22-15-7-5-14(6-8-15)19-10-9-16(27-19)13-23-21(25)24-18-11-12-26-20-4-2-1-3-17(18)20/h1-10,18H,11-13H2,(H2,23,24,25)/t18-/m0/s1. The number of hydrogen-bond donors (Lipinski definition) is 2. The molecule has 0 aliphatic carbocycles. The van der Waals surface area contributed by atoms with Crippen molar-refractivity contribution in [1.82, 2.24) is 10.6 Å². The first-order chi connectivity index (χ1) is 13.2. The second-order valence-electron chi connectivity index (χ2n) is 6.33. The Morgan fingerprint density at radius 1 is 1.07 bits per heavy atom. The van der Waals surface area contributed by atoms with Crippen molar-refractivity contribution in [2.75, 3.05) is 6.61 Å². The molecule has 1 atom stereocenters. The summed E-state index contributed by atoms with van der Waals surface area (Å²) >= 11 is 5.91. The molecule has 2 N–H and O–H groups in total. The van der Waals surface area contributed by atoms with Gasteiger partial charge in [0.25, 0.3) is 0 Å². The fourth-order valence-corrected chi connectivity index (χ4v) is 3.24. The van der Waals surface area contributed by atoms with Gasteiger partial charge in [0, 0.05) is 22.6 Å². The number of hydrogen-bond acceptors (Lipinski definition) is 3. The molecule has 0 unspecified atom stereocenters. The summed E-state index contributed by atoms with van der Waals surface area (Å²) < 4.78 is 11.4. The van der Waals surface area contributed by atoms with Crippen LogP contribution in [-0.2, 0) is 6.54 Å². The van der Waals surface area contributed by atoms with Gasteiger partial charge in [0.1, 0.15) is 17.3 Å². The molecule has 2 heterocycles. The number of amides is 2. The summed E-state index contributed by atoms with van der Waals surface area (Å²) in [6.45, 7) is 0.898. The number of rotatable bonds is 4. The summed E-state index contributed by atoms with van der Waals surface area (Å²) in [5, 5.41) is 6.53. The van der Waals surface area contributed by atoms with E-state index in [-0.39, 0.29) is 12.1 Å². The van der Waals surface area contributed by atoms with Crippen LogP contribution in [0.4, 0.5) is 4.79 Å². The smallest absolute Gasteiger partial charge is 0.315 e. The van der Waals surface area contributed by atoms with Gasteiger partial charge >= 0.3 is 6.03 Å². The number of benzene rings is 2. The number of fused-ring (bicyclic) bond motifs is 1. The minimum Gasteiger partial charge on any atom is -0.493 e. The van der Waals surface area contributed by atoms with Gasteiger partial charge < -0.3 is 19.8 Å². The number of urea groups is 1. The molecule has 2 aromatic carbocycles. The van der Waals surface area contributed by atoms with E-state index in [2.05, 4.69) is 10.6 Å². The van der Waals surface area contributed by atoms with Gasteiger partial charge in [0.2, 0.25) is 0 Å². The third kappa shape index (κ3) is 4.09. The normalized spacial score (nSPS) is 15.5. The highest BCUT2D eigenvalue weighted by molar-refractivity contribution is 6.30. The molecule has 1 aliphatic rings. The molecule has 1 aromatic heterocycles. The maximum Gasteiger partial charge on any atom is 0.315 e. The molecule has 4 rings (SSSR count). The van der Waals surface area contributed by atoms with E-state index in [1.54, 1.807) is 0 Å². The van der Waals surface area contributed by atoms with Crippen LogP contribution in [0.2, 0.25) is 5.02 Å². The van der Waals surface area contributed by atoms with Crippen LogP contribution in [0.1, 0.15) is 23.8 Å². The first kappa shape index (κ1) is 17.5. The van der Waals surface area contributed by atoms with E-state index in [9.17, 15) is 4.79 Å². The van der Waals surface area contributed by atoms with E-state index in [4.69, 9.17) is 20.8 Å². The van der Waals surface area contributed by atoms with E-state index in [0.29, 0.717) is 23.9 Å². The molecule has 0 spiro atoms. The molecule has 3 aromatic rings. The monoisotopic (exact) mass is 382 g/mol. The minimum atomic E-state index is -0.235. The number of halogens is 1. The van der Waals surface area contributed by atoms with Crippen LogP contribution in [-0.4, -0.2) is 12.6 Å². The van der Waals surface area contributed by atoms with Crippen LogP contribution < -0.4 is 15.4 Å². The first-order valence-corrected chi connectivity index (χ1v) is 9.17. The third-order valence-electron chi connectivity index (χ3n) is 4.48. The van der Waals surface area contributed by atoms with E-state index in [1.807, 2.05) is 60.7 Å². The second kappa shape index (κ2) is 7.76. The van der Waals surface area contributed by atoms with Gasteiger partial charge in [-0.2, -0.15) is 0 Å². The van der Waals surface area contributed by atoms with E-state index >= 15 is 0 Å². The predicted molar refractivity (Wildman–Crippen MR) is 104 cm³/mol. The van der Waals surface area contributed by atoms with Crippen LogP contribution in [0.5, 0.6) is 5.75 Å². The zero-order valence-electron chi connectivity index (χ0n) is 14.6. The molecule has 0 fully saturated rings. The largest absolute Gasteiger partial charge is 0.493 e. The Hall–Kier alpha value is -2.92. The van der Waals surface area contributed by atoms with Crippen LogP contribution in [0.15, 0.2) is 65.1 Å². The molecule has 2 amide bonds. The molecule has 27 heavy (non-hydrogen) atoms. The summed E-state index contributed by atoms with van der Waals surface area (Å²) in [5.41, 5.74) is 1.94. The summed E-state index contributed by atoms with van der Waals surface area (Å²) in [6, 6.07) is 18.6. The van der Waals surface area contributed by atoms with Crippen LogP contribution in [0.3, 0.4) is 0 Å². The highest BCUT2D eigenvalue weighted by atomic mass is 35.5. The highest BCUT2D eigenvalue weighted by Crippen LogP contribution is 2.31. The maximum absolute atomic E-state index is 12.3. The van der Waals surface area contributed by atoms with Crippen molar-refractivity contribution in [2.45, 2.75) is 19.0 Å². The first-order valence-electron chi connectivity index (χ1n) is 8.80. The van der Waals surface area contributed by atoms with Gasteiger partial charge in [-0.1, -0.05) is 29.8 Å². The molecule has 0 bridgehead atoms. The fourth-order valence-electron chi connectivity index (χ4n) is 3.11. The summed E-state index contributed by atoms with van der Waals surface area (Å²) in [6.07, 6.45) is 0.742. The van der Waals surface area contributed by atoms with Gasteiger partial charge in [-0.3, -0.25) is 0 Å². The van der Waals surface area contributed by atoms with Gasteiger partial charge in [-0.25, -0.2) is 4.79 Å². The number of furan rings is 1. The SMILES string of the molecule is O=C(NCc1ccc(-c2ccc(Cl)cc2)o1)N[C@H]1CCOc2ccccc21. The topological polar surface area (TPSA) is 63.5 Å². The van der Waals surface area contributed by atoms with Crippen LogP contribution in [0.25, 0.3) is 11.3 Å². The lowest BCUT2D eigenvalue weighted by Gasteiger charge is -2.26. The number of carbonyl (C=O) groups is 1. The van der Waals surface area contributed by atoms with Gasteiger partial charge in [-0.15, -0.1) is 0 Å². The van der Waals surface area contributed by atoms with Crippen molar-refractivity contribution in [3.8, 4) is 17.1 Å². The lowest BCUT2D eigenvalue weighted by Crippen LogP contribution is -2.39. The van der Waals surface area contributed by atoms with Crippen molar-refractivity contribution in [3.63, 3.8) is 0 Å². The molecule has 6 heteroatoms. The van der Waals surface area contributed by atoms with E-state index in [0.717, 1.165) is 29.1 Å². The summed E-state index contributed by atoms with van der Waals surface area (Å²) in [5.74, 6) is 2.25. The average molecular weight is 383 g/mol. The number of carbonyl (C=O) groups excluding carboxylic acids is 1. The summed E-state index contributed by atoms with van der Waals surface area (Å²) in [4.78, 5) is 12.3. The van der Waals surface area contributed by atoms with Gasteiger partial charge in [-0.05, 0) is 42.5 Å². The Balaban J connectivity index is 1.34. The van der Waals surface area contributed by atoms with E-state index in [1.165, 1.54) is 0 Å². The predicted octanol–water partition coefficient (Wildman–Crippen LogP) is 4.92. The van der Waals surface area contributed by atoms with Gasteiger partial charge in [0.05, 0.1) is 19.2 Å². The Morgan fingerprint density at radius 2 is 1.89 bits per heavy atom. The van der Waals surface area contributed by atoms with Gasteiger partial charge in [0.15, 0.2) is 0 Å². The van der Waals surface area contributed by atoms with Crippen LogP contribution >= 0.6 is 11.6 Å². The Morgan fingerprint density at radius 3 is 2.74 bits per heavy atom. The molecule has 1 aliphatic heterocycles. The molecular weight excluding hydrogens is 364 g/mol. The second-order valence-corrected chi connectivity index (χ2v) is 6.76. The number of ether oxygens (including phenoxy) is 1. The molecule has 138 valence electrons. The Kier molecular flexibility index (Phi) is 5.03. The fraction of sp³-hybridized carbons (Fsp3) is 0.190.